The molecule has 0 radical (unpaired) electrons. The first-order valence-electron chi connectivity index (χ1n) is 5.17. The van der Waals surface area contributed by atoms with Gasteiger partial charge < -0.3 is 10.4 Å². The van der Waals surface area contributed by atoms with Crippen molar-refractivity contribution in [2.24, 2.45) is 11.8 Å². The van der Waals surface area contributed by atoms with E-state index in [1.807, 2.05) is 0 Å². The van der Waals surface area contributed by atoms with E-state index < -0.39 is 0 Å². The smallest absolute Gasteiger partial charge is 0.0546 e. The Balaban J connectivity index is 1.56. The van der Waals surface area contributed by atoms with Crippen LogP contribution in [0.5, 0.6) is 0 Å². The molecule has 0 heterocycles. The first-order valence-corrected chi connectivity index (χ1v) is 5.17. The molecule has 0 aromatic rings. The average molecular weight is 169 g/mol. The maximum atomic E-state index is 9.08. The van der Waals surface area contributed by atoms with E-state index in [4.69, 9.17) is 5.11 Å². The van der Waals surface area contributed by atoms with Crippen LogP contribution in [0, 0.1) is 11.8 Å². The highest BCUT2D eigenvalue weighted by Crippen LogP contribution is 2.33. The lowest BCUT2D eigenvalue weighted by Gasteiger charge is -2.32. The Kier molecular flexibility index (Phi) is 2.37. The van der Waals surface area contributed by atoms with Crippen molar-refractivity contribution in [3.63, 3.8) is 0 Å². The molecule has 2 saturated carbocycles. The maximum Gasteiger partial charge on any atom is 0.0546 e. The summed E-state index contributed by atoms with van der Waals surface area (Å²) >= 11 is 0. The van der Waals surface area contributed by atoms with Crippen LogP contribution in [0.2, 0.25) is 0 Å². The number of aliphatic hydroxyl groups is 1. The molecule has 0 bridgehead atoms. The van der Waals surface area contributed by atoms with E-state index in [1.54, 1.807) is 0 Å². The van der Waals surface area contributed by atoms with Crippen LogP contribution >= 0.6 is 0 Å². The summed E-state index contributed by atoms with van der Waals surface area (Å²) in [6, 6.07) is 0.711. The SMILES string of the molecule is CC(NCC1CC(O)C1)C1CC1. The van der Waals surface area contributed by atoms with E-state index in [0.717, 1.165) is 31.2 Å². The molecule has 0 aromatic carbocycles. The van der Waals surface area contributed by atoms with Gasteiger partial charge in [0.2, 0.25) is 0 Å². The molecule has 2 nitrogen and oxygen atoms in total. The molecule has 0 aliphatic heterocycles. The first kappa shape index (κ1) is 8.52. The average Bonchev–Trinajstić information content (AvgIpc) is 2.77. The summed E-state index contributed by atoms with van der Waals surface area (Å²) < 4.78 is 0. The lowest BCUT2D eigenvalue weighted by molar-refractivity contribution is 0.0418. The molecule has 0 aromatic heterocycles. The first-order chi connectivity index (χ1) is 5.75. The van der Waals surface area contributed by atoms with E-state index in [0.29, 0.717) is 6.04 Å². The normalized spacial score (nSPS) is 37.5. The minimum atomic E-state index is 0.00744. The molecule has 2 heteroatoms. The van der Waals surface area contributed by atoms with Gasteiger partial charge >= 0.3 is 0 Å². The second-order valence-electron chi connectivity index (χ2n) is 4.53. The van der Waals surface area contributed by atoms with Gasteiger partial charge in [-0.2, -0.15) is 0 Å². The van der Waals surface area contributed by atoms with E-state index in [2.05, 4.69) is 12.2 Å². The quantitative estimate of drug-likeness (QED) is 0.661. The maximum absolute atomic E-state index is 9.08. The van der Waals surface area contributed by atoms with Crippen LogP contribution in [0.4, 0.5) is 0 Å². The van der Waals surface area contributed by atoms with Crippen LogP contribution in [0.25, 0.3) is 0 Å². The predicted molar refractivity (Wildman–Crippen MR) is 48.9 cm³/mol. The van der Waals surface area contributed by atoms with Gasteiger partial charge in [-0.05, 0) is 51.0 Å². The third-order valence-corrected chi connectivity index (χ3v) is 3.27. The van der Waals surface area contributed by atoms with Crippen molar-refractivity contribution in [3.05, 3.63) is 0 Å². The molecule has 0 spiro atoms. The predicted octanol–water partition coefficient (Wildman–Crippen LogP) is 1.15. The molecule has 1 unspecified atom stereocenters. The molecule has 12 heavy (non-hydrogen) atoms. The van der Waals surface area contributed by atoms with Gasteiger partial charge in [0, 0.05) is 6.04 Å². The summed E-state index contributed by atoms with van der Waals surface area (Å²) in [6.45, 7) is 3.40. The molecule has 0 amide bonds. The van der Waals surface area contributed by atoms with Gasteiger partial charge in [-0.1, -0.05) is 0 Å². The minimum Gasteiger partial charge on any atom is -0.393 e. The lowest BCUT2D eigenvalue weighted by atomic mass is 9.82. The topological polar surface area (TPSA) is 32.3 Å². The van der Waals surface area contributed by atoms with Crippen molar-refractivity contribution < 1.29 is 5.11 Å². The van der Waals surface area contributed by atoms with E-state index in [1.165, 1.54) is 12.8 Å². The fraction of sp³-hybridized carbons (Fsp3) is 1.00. The standard InChI is InChI=1S/C10H19NO/c1-7(9-2-3-9)11-6-8-4-10(12)5-8/h7-12H,2-6H2,1H3. The van der Waals surface area contributed by atoms with Gasteiger partial charge in [0.05, 0.1) is 6.10 Å². The number of rotatable bonds is 4. The number of hydrogen-bond acceptors (Lipinski definition) is 2. The van der Waals surface area contributed by atoms with Gasteiger partial charge in [-0.15, -0.1) is 0 Å². The summed E-state index contributed by atoms with van der Waals surface area (Å²) in [6.07, 6.45) is 4.88. The Morgan fingerprint density at radius 1 is 1.42 bits per heavy atom. The molecule has 70 valence electrons. The van der Waals surface area contributed by atoms with E-state index in [-0.39, 0.29) is 6.10 Å². The fourth-order valence-electron chi connectivity index (χ4n) is 1.98. The van der Waals surface area contributed by atoms with Crippen LogP contribution in [0.3, 0.4) is 0 Å². The Labute approximate surface area is 74.4 Å². The van der Waals surface area contributed by atoms with Gasteiger partial charge in [-0.25, -0.2) is 0 Å². The summed E-state index contributed by atoms with van der Waals surface area (Å²) in [5.41, 5.74) is 0. The second-order valence-corrected chi connectivity index (χ2v) is 4.53. The van der Waals surface area contributed by atoms with Crippen molar-refractivity contribution in [2.45, 2.75) is 44.8 Å². The third-order valence-electron chi connectivity index (χ3n) is 3.27. The van der Waals surface area contributed by atoms with Crippen molar-refractivity contribution in [2.75, 3.05) is 6.54 Å². The molecular formula is C10H19NO. The van der Waals surface area contributed by atoms with Crippen LogP contribution in [0.15, 0.2) is 0 Å². The highest BCUT2D eigenvalue weighted by atomic mass is 16.3. The zero-order valence-electron chi connectivity index (χ0n) is 7.79. The number of nitrogens with one attached hydrogen (secondary N) is 1. The fourth-order valence-corrected chi connectivity index (χ4v) is 1.98. The zero-order valence-corrected chi connectivity index (χ0v) is 7.79. The summed E-state index contributed by atoms with van der Waals surface area (Å²) in [4.78, 5) is 0. The Morgan fingerprint density at radius 3 is 2.58 bits per heavy atom. The molecule has 2 rings (SSSR count). The van der Waals surface area contributed by atoms with Crippen LogP contribution in [-0.2, 0) is 0 Å². The van der Waals surface area contributed by atoms with Crippen LogP contribution < -0.4 is 5.32 Å². The molecule has 2 N–H and O–H groups in total. The van der Waals surface area contributed by atoms with Crippen molar-refractivity contribution in [1.82, 2.24) is 5.32 Å². The molecule has 0 saturated heterocycles. The minimum absolute atomic E-state index is 0.00744. The Hall–Kier alpha value is -0.0800. The van der Waals surface area contributed by atoms with Crippen LogP contribution in [0.1, 0.15) is 32.6 Å². The Morgan fingerprint density at radius 2 is 2.08 bits per heavy atom. The van der Waals surface area contributed by atoms with Gasteiger partial charge in [0.15, 0.2) is 0 Å². The van der Waals surface area contributed by atoms with E-state index >= 15 is 0 Å². The van der Waals surface area contributed by atoms with Gasteiger partial charge in [-0.3, -0.25) is 0 Å². The van der Waals surface area contributed by atoms with Crippen molar-refractivity contribution in [3.8, 4) is 0 Å². The summed E-state index contributed by atoms with van der Waals surface area (Å²) in [7, 11) is 0. The molecule has 2 fully saturated rings. The summed E-state index contributed by atoms with van der Waals surface area (Å²) in [5, 5.41) is 12.6. The van der Waals surface area contributed by atoms with Crippen molar-refractivity contribution >= 4 is 0 Å². The van der Waals surface area contributed by atoms with Gasteiger partial charge in [0.1, 0.15) is 0 Å². The second kappa shape index (κ2) is 3.35. The monoisotopic (exact) mass is 169 g/mol. The number of aliphatic hydroxyl groups excluding tert-OH is 1. The van der Waals surface area contributed by atoms with Gasteiger partial charge in [0.25, 0.3) is 0 Å². The molecule has 2 aliphatic rings. The highest BCUT2D eigenvalue weighted by molar-refractivity contribution is 4.86. The Bertz CT molecular complexity index is 150. The number of hydrogen-bond donors (Lipinski definition) is 2. The zero-order chi connectivity index (χ0) is 8.55. The van der Waals surface area contributed by atoms with Crippen LogP contribution in [-0.4, -0.2) is 23.8 Å². The summed E-state index contributed by atoms with van der Waals surface area (Å²) in [5.74, 6) is 1.70. The molecule has 2 aliphatic carbocycles. The third kappa shape index (κ3) is 1.99. The van der Waals surface area contributed by atoms with Crippen molar-refractivity contribution in [1.29, 1.82) is 0 Å². The molecular weight excluding hydrogens is 150 g/mol. The van der Waals surface area contributed by atoms with E-state index in [9.17, 15) is 0 Å². The largest absolute Gasteiger partial charge is 0.393 e. The molecule has 1 atom stereocenters. The lowest BCUT2D eigenvalue weighted by Crippen LogP contribution is -2.39. The highest BCUT2D eigenvalue weighted by Gasteiger charge is 2.30.